The molecule has 1 aromatic rings. The molecule has 1 unspecified atom stereocenters. The summed E-state index contributed by atoms with van der Waals surface area (Å²) in [5.41, 5.74) is -0.340. The lowest BCUT2D eigenvalue weighted by atomic mass is 9.92. The zero-order valence-electron chi connectivity index (χ0n) is 10.7. The fourth-order valence-corrected chi connectivity index (χ4v) is 2.19. The fraction of sp³-hybridized carbons (Fsp3) is 0.538. The van der Waals surface area contributed by atoms with Crippen LogP contribution in [0.25, 0.3) is 0 Å². The minimum absolute atomic E-state index is 0.418. The van der Waals surface area contributed by atoms with Crippen molar-refractivity contribution in [3.8, 4) is 0 Å². The van der Waals surface area contributed by atoms with Crippen molar-refractivity contribution in [2.75, 3.05) is 26.8 Å². The molecule has 2 N–H and O–H groups in total. The third kappa shape index (κ3) is 4.41. The van der Waals surface area contributed by atoms with Crippen molar-refractivity contribution in [3.05, 3.63) is 33.8 Å². The first kappa shape index (κ1) is 15.7. The summed E-state index contributed by atoms with van der Waals surface area (Å²) < 4.78 is 4.93. The summed E-state index contributed by atoms with van der Waals surface area (Å²) in [6.45, 7) is 3.83. The molecular weight excluding hydrogens is 273 g/mol. The van der Waals surface area contributed by atoms with Gasteiger partial charge in [0.15, 0.2) is 0 Å². The third-order valence-electron chi connectivity index (χ3n) is 2.80. The monoisotopic (exact) mass is 291 g/mol. The fourth-order valence-electron chi connectivity index (χ4n) is 1.69. The average molecular weight is 292 g/mol. The molecule has 18 heavy (non-hydrogen) atoms. The van der Waals surface area contributed by atoms with Crippen LogP contribution >= 0.6 is 23.2 Å². The molecule has 3 nitrogen and oxygen atoms in total. The minimum Gasteiger partial charge on any atom is -0.385 e. The second-order valence-corrected chi connectivity index (χ2v) is 5.15. The van der Waals surface area contributed by atoms with Gasteiger partial charge in [0.25, 0.3) is 0 Å². The number of halogens is 2. The topological polar surface area (TPSA) is 41.5 Å². The molecule has 0 amide bonds. The summed E-state index contributed by atoms with van der Waals surface area (Å²) >= 11 is 12.1. The predicted molar refractivity (Wildman–Crippen MR) is 75.4 cm³/mol. The Morgan fingerprint density at radius 2 is 2.06 bits per heavy atom. The minimum atomic E-state index is -0.998. The van der Waals surface area contributed by atoms with Gasteiger partial charge in [0.2, 0.25) is 0 Å². The molecule has 0 aliphatic carbocycles. The summed E-state index contributed by atoms with van der Waals surface area (Å²) in [5.74, 6) is 0. The van der Waals surface area contributed by atoms with E-state index in [4.69, 9.17) is 27.9 Å². The number of aliphatic hydroxyl groups is 1. The Labute approximate surface area is 118 Å². The molecule has 0 aliphatic rings. The first-order valence-corrected chi connectivity index (χ1v) is 6.61. The van der Waals surface area contributed by atoms with Crippen molar-refractivity contribution in [1.29, 1.82) is 0 Å². The summed E-state index contributed by atoms with van der Waals surface area (Å²) in [7, 11) is 1.66. The standard InChI is InChI=1S/C13H19Cl2NO2/c1-13(17,6-7-16-8-9-18-2)10-4-3-5-11(14)12(10)15/h3-5,16-17H,6-9H2,1-2H3. The van der Waals surface area contributed by atoms with Crippen LogP contribution in [0.2, 0.25) is 10.0 Å². The summed E-state index contributed by atoms with van der Waals surface area (Å²) in [6, 6.07) is 5.29. The zero-order chi connectivity index (χ0) is 13.6. The van der Waals surface area contributed by atoms with E-state index in [9.17, 15) is 5.11 Å². The van der Waals surface area contributed by atoms with Crippen LogP contribution in [0.1, 0.15) is 18.9 Å². The van der Waals surface area contributed by atoms with Crippen LogP contribution in [0.3, 0.4) is 0 Å². The van der Waals surface area contributed by atoms with E-state index in [0.29, 0.717) is 35.2 Å². The van der Waals surface area contributed by atoms with E-state index in [1.54, 1.807) is 32.2 Å². The highest BCUT2D eigenvalue weighted by Gasteiger charge is 2.25. The molecule has 0 bridgehead atoms. The van der Waals surface area contributed by atoms with Crippen molar-refractivity contribution >= 4 is 23.2 Å². The van der Waals surface area contributed by atoms with E-state index in [1.807, 2.05) is 0 Å². The highest BCUT2D eigenvalue weighted by atomic mass is 35.5. The number of hydrogen-bond acceptors (Lipinski definition) is 3. The number of nitrogens with one attached hydrogen (secondary N) is 1. The van der Waals surface area contributed by atoms with Crippen LogP contribution in [0.5, 0.6) is 0 Å². The molecule has 102 valence electrons. The normalized spacial score (nSPS) is 14.5. The molecule has 1 aromatic carbocycles. The highest BCUT2D eigenvalue weighted by Crippen LogP contribution is 2.34. The lowest BCUT2D eigenvalue weighted by Gasteiger charge is -2.25. The van der Waals surface area contributed by atoms with Crippen LogP contribution in [0, 0.1) is 0 Å². The van der Waals surface area contributed by atoms with Gasteiger partial charge in [-0.15, -0.1) is 0 Å². The Morgan fingerprint density at radius 1 is 1.33 bits per heavy atom. The maximum Gasteiger partial charge on any atom is 0.0895 e. The maximum absolute atomic E-state index is 10.4. The predicted octanol–water partition coefficient (Wildman–Crippen LogP) is 2.83. The van der Waals surface area contributed by atoms with Crippen LogP contribution < -0.4 is 5.32 Å². The van der Waals surface area contributed by atoms with Crippen molar-refractivity contribution < 1.29 is 9.84 Å². The van der Waals surface area contributed by atoms with Crippen LogP contribution in [-0.2, 0) is 10.3 Å². The number of rotatable bonds is 7. The second-order valence-electron chi connectivity index (χ2n) is 4.37. The molecule has 1 rings (SSSR count). The molecule has 0 heterocycles. The average Bonchev–Trinajstić information content (AvgIpc) is 2.32. The van der Waals surface area contributed by atoms with Crippen molar-refractivity contribution in [2.45, 2.75) is 18.9 Å². The van der Waals surface area contributed by atoms with Crippen molar-refractivity contribution in [3.63, 3.8) is 0 Å². The van der Waals surface area contributed by atoms with Gasteiger partial charge in [-0.05, 0) is 26.0 Å². The number of methoxy groups -OCH3 is 1. The van der Waals surface area contributed by atoms with E-state index >= 15 is 0 Å². The van der Waals surface area contributed by atoms with E-state index < -0.39 is 5.60 Å². The number of ether oxygens (including phenoxy) is 1. The number of hydrogen-bond donors (Lipinski definition) is 2. The quantitative estimate of drug-likeness (QED) is 0.759. The Balaban J connectivity index is 2.59. The first-order chi connectivity index (χ1) is 8.49. The Kier molecular flexibility index (Phi) is 6.39. The lowest BCUT2D eigenvalue weighted by Crippen LogP contribution is -2.29. The van der Waals surface area contributed by atoms with Gasteiger partial charge in [-0.2, -0.15) is 0 Å². The molecule has 5 heteroatoms. The van der Waals surface area contributed by atoms with Crippen molar-refractivity contribution in [2.24, 2.45) is 0 Å². The van der Waals surface area contributed by atoms with Gasteiger partial charge in [-0.25, -0.2) is 0 Å². The summed E-state index contributed by atoms with van der Waals surface area (Å²) in [4.78, 5) is 0. The van der Waals surface area contributed by atoms with Gasteiger partial charge in [-0.1, -0.05) is 35.3 Å². The zero-order valence-corrected chi connectivity index (χ0v) is 12.2. The van der Waals surface area contributed by atoms with Crippen molar-refractivity contribution in [1.82, 2.24) is 5.32 Å². The largest absolute Gasteiger partial charge is 0.385 e. The Morgan fingerprint density at radius 3 is 2.72 bits per heavy atom. The molecule has 0 spiro atoms. The first-order valence-electron chi connectivity index (χ1n) is 5.85. The number of benzene rings is 1. The van der Waals surface area contributed by atoms with E-state index in [1.165, 1.54) is 0 Å². The Bertz CT molecular complexity index is 383. The van der Waals surface area contributed by atoms with Crippen LogP contribution in [-0.4, -0.2) is 31.9 Å². The lowest BCUT2D eigenvalue weighted by molar-refractivity contribution is 0.0476. The van der Waals surface area contributed by atoms with Gasteiger partial charge in [-0.3, -0.25) is 0 Å². The Hall–Kier alpha value is -0.320. The van der Waals surface area contributed by atoms with E-state index in [0.717, 1.165) is 6.54 Å². The molecule has 0 aliphatic heterocycles. The maximum atomic E-state index is 10.4. The van der Waals surface area contributed by atoms with Gasteiger partial charge >= 0.3 is 0 Å². The SMILES string of the molecule is COCCNCCC(C)(O)c1cccc(Cl)c1Cl. The second kappa shape index (κ2) is 7.31. The van der Waals surface area contributed by atoms with E-state index in [-0.39, 0.29) is 0 Å². The molecule has 0 aromatic heterocycles. The van der Waals surface area contributed by atoms with Gasteiger partial charge in [0.1, 0.15) is 0 Å². The molecular formula is C13H19Cl2NO2. The van der Waals surface area contributed by atoms with Gasteiger partial charge < -0.3 is 15.2 Å². The molecule has 1 atom stereocenters. The highest BCUT2D eigenvalue weighted by molar-refractivity contribution is 6.42. The molecule has 0 radical (unpaired) electrons. The molecule has 0 fully saturated rings. The third-order valence-corrected chi connectivity index (χ3v) is 3.62. The smallest absolute Gasteiger partial charge is 0.0895 e. The molecule has 0 saturated heterocycles. The summed E-state index contributed by atoms with van der Waals surface area (Å²) in [5, 5.41) is 14.5. The molecule has 0 saturated carbocycles. The summed E-state index contributed by atoms with van der Waals surface area (Å²) in [6.07, 6.45) is 0.552. The van der Waals surface area contributed by atoms with E-state index in [2.05, 4.69) is 5.32 Å². The van der Waals surface area contributed by atoms with Gasteiger partial charge in [0, 0.05) is 19.2 Å². The van der Waals surface area contributed by atoms with Crippen LogP contribution in [0.4, 0.5) is 0 Å². The van der Waals surface area contributed by atoms with Crippen LogP contribution in [0.15, 0.2) is 18.2 Å². The van der Waals surface area contributed by atoms with Gasteiger partial charge in [0.05, 0.1) is 22.3 Å².